The molecule has 0 aromatic heterocycles. The first-order chi connectivity index (χ1) is 16.6. The number of alkyl halides is 3. The molecule has 1 aliphatic rings. The number of nitrogens with zero attached hydrogens (tertiary/aromatic N) is 1. The molecule has 1 atom stereocenters. The van der Waals surface area contributed by atoms with Crippen molar-refractivity contribution in [3.05, 3.63) is 78.4 Å². The van der Waals surface area contributed by atoms with Gasteiger partial charge in [-0.3, -0.25) is 4.90 Å². The molecule has 4 rings (SSSR count). The Morgan fingerprint density at radius 1 is 1.03 bits per heavy atom. The maximum atomic E-state index is 12.7. The minimum atomic E-state index is -4.90. The summed E-state index contributed by atoms with van der Waals surface area (Å²) in [4.78, 5) is 1.86. The Labute approximate surface area is 202 Å². The van der Waals surface area contributed by atoms with Gasteiger partial charge in [-0.1, -0.05) is 48.5 Å². The summed E-state index contributed by atoms with van der Waals surface area (Å²) in [7, 11) is -2.36. The predicted octanol–water partition coefficient (Wildman–Crippen LogP) is 4.81. The van der Waals surface area contributed by atoms with Crippen LogP contribution in [0.4, 0.5) is 13.2 Å². The summed E-state index contributed by atoms with van der Waals surface area (Å²) in [5.41, 5.74) is 3.13. The van der Waals surface area contributed by atoms with E-state index in [4.69, 9.17) is 4.74 Å². The van der Waals surface area contributed by atoms with Crippen LogP contribution in [0.25, 0.3) is 11.1 Å². The number of nitrogens with one attached hydrogen (secondary N) is 1. The number of likely N-dealkylation sites (tertiary alicyclic amines) is 1. The average molecular weight is 507 g/mol. The Balaban J connectivity index is 1.36. The standard InChI is InChI=1S/C25H25F3N2O4S/c1-33-24-8-3-2-7-23(24)19-11-9-18(10-12-19)16-30-14-13-20(17-30)29-35(31,32)22-6-4-5-21(15-22)34-25(26,27)28/h2-12,15,20,29H,13-14,16-17H2,1H3/t20-/m1/s1. The molecule has 1 heterocycles. The van der Waals surface area contributed by atoms with Gasteiger partial charge < -0.3 is 9.47 Å². The molecule has 6 nitrogen and oxygen atoms in total. The van der Waals surface area contributed by atoms with Gasteiger partial charge in [-0.15, -0.1) is 13.2 Å². The van der Waals surface area contributed by atoms with E-state index in [1.165, 1.54) is 12.1 Å². The number of methoxy groups -OCH3 is 1. The molecule has 186 valence electrons. The van der Waals surface area contributed by atoms with Crippen molar-refractivity contribution < 1.29 is 31.1 Å². The van der Waals surface area contributed by atoms with Gasteiger partial charge in [0.15, 0.2) is 0 Å². The smallest absolute Gasteiger partial charge is 0.496 e. The summed E-state index contributed by atoms with van der Waals surface area (Å²) < 4.78 is 74.7. The molecule has 0 bridgehead atoms. The fourth-order valence-corrected chi connectivity index (χ4v) is 5.43. The second-order valence-corrected chi connectivity index (χ2v) is 9.98. The monoisotopic (exact) mass is 506 g/mol. The largest absolute Gasteiger partial charge is 0.573 e. The van der Waals surface area contributed by atoms with E-state index in [2.05, 4.69) is 14.4 Å². The van der Waals surface area contributed by atoms with E-state index in [0.29, 0.717) is 26.1 Å². The zero-order chi connectivity index (χ0) is 25.1. The highest BCUT2D eigenvalue weighted by atomic mass is 32.2. The van der Waals surface area contributed by atoms with Crippen molar-refractivity contribution in [3.8, 4) is 22.6 Å². The Bertz CT molecular complexity index is 1260. The van der Waals surface area contributed by atoms with Gasteiger partial charge in [-0.2, -0.15) is 0 Å². The molecule has 3 aromatic rings. The van der Waals surface area contributed by atoms with Crippen molar-refractivity contribution in [1.29, 1.82) is 0 Å². The van der Waals surface area contributed by atoms with Gasteiger partial charge in [0, 0.05) is 37.3 Å². The summed E-state index contributed by atoms with van der Waals surface area (Å²) in [6.45, 7) is 1.84. The van der Waals surface area contributed by atoms with Gasteiger partial charge in [-0.05, 0) is 35.7 Å². The first-order valence-electron chi connectivity index (χ1n) is 11.0. The number of rotatable bonds is 8. The van der Waals surface area contributed by atoms with E-state index in [0.717, 1.165) is 34.6 Å². The lowest BCUT2D eigenvalue weighted by Crippen LogP contribution is -2.37. The van der Waals surface area contributed by atoms with E-state index in [1.54, 1.807) is 7.11 Å². The lowest BCUT2D eigenvalue weighted by atomic mass is 10.0. The lowest BCUT2D eigenvalue weighted by molar-refractivity contribution is -0.274. The van der Waals surface area contributed by atoms with Crippen molar-refractivity contribution in [1.82, 2.24) is 9.62 Å². The van der Waals surface area contributed by atoms with Crippen molar-refractivity contribution >= 4 is 10.0 Å². The van der Waals surface area contributed by atoms with Crippen molar-refractivity contribution in [2.24, 2.45) is 0 Å². The number of sulfonamides is 1. The van der Waals surface area contributed by atoms with Crippen LogP contribution in [0, 0.1) is 0 Å². The topological polar surface area (TPSA) is 67.9 Å². The Morgan fingerprint density at radius 2 is 1.77 bits per heavy atom. The molecular formula is C25H25F3N2O4S. The zero-order valence-corrected chi connectivity index (χ0v) is 19.8. The highest BCUT2D eigenvalue weighted by molar-refractivity contribution is 7.89. The molecule has 1 saturated heterocycles. The van der Waals surface area contributed by atoms with Crippen molar-refractivity contribution in [2.45, 2.75) is 30.3 Å². The van der Waals surface area contributed by atoms with E-state index in [-0.39, 0.29) is 10.9 Å². The fourth-order valence-electron chi connectivity index (χ4n) is 4.13. The summed E-state index contributed by atoms with van der Waals surface area (Å²) in [6.07, 6.45) is -4.30. The third kappa shape index (κ3) is 6.53. The SMILES string of the molecule is COc1ccccc1-c1ccc(CN2CC[C@@H](NS(=O)(=O)c3cccc(OC(F)(F)F)c3)C2)cc1. The summed E-state index contributed by atoms with van der Waals surface area (Å²) in [6, 6.07) is 19.9. The fraction of sp³-hybridized carbons (Fsp3) is 0.280. The highest BCUT2D eigenvalue weighted by Crippen LogP contribution is 2.30. The van der Waals surface area contributed by atoms with E-state index in [1.807, 2.05) is 48.5 Å². The number of ether oxygens (including phenoxy) is 2. The van der Waals surface area contributed by atoms with Crippen LogP contribution in [0.5, 0.6) is 11.5 Å². The number of para-hydroxylation sites is 1. The first kappa shape index (κ1) is 25.0. The zero-order valence-electron chi connectivity index (χ0n) is 19.0. The van der Waals surface area contributed by atoms with Crippen LogP contribution in [-0.2, 0) is 16.6 Å². The van der Waals surface area contributed by atoms with Gasteiger partial charge in [0.25, 0.3) is 0 Å². The van der Waals surface area contributed by atoms with Crippen molar-refractivity contribution in [3.63, 3.8) is 0 Å². The van der Waals surface area contributed by atoms with Crippen LogP contribution in [-0.4, -0.2) is 45.9 Å². The van der Waals surface area contributed by atoms with Gasteiger partial charge in [0.2, 0.25) is 10.0 Å². The van der Waals surface area contributed by atoms with Crippen LogP contribution in [0.2, 0.25) is 0 Å². The second kappa shape index (κ2) is 10.3. The summed E-state index contributed by atoms with van der Waals surface area (Å²) in [5.74, 6) is 0.218. The Hall–Kier alpha value is -3.08. The van der Waals surface area contributed by atoms with Gasteiger partial charge >= 0.3 is 6.36 Å². The Kier molecular flexibility index (Phi) is 7.34. The number of hydrogen-bond acceptors (Lipinski definition) is 5. The third-order valence-electron chi connectivity index (χ3n) is 5.72. The normalized spacial score (nSPS) is 16.9. The molecular weight excluding hydrogens is 481 g/mol. The molecule has 35 heavy (non-hydrogen) atoms. The minimum Gasteiger partial charge on any atom is -0.496 e. The molecule has 0 radical (unpaired) electrons. The molecule has 0 saturated carbocycles. The molecule has 0 amide bonds. The van der Waals surface area contributed by atoms with Crippen LogP contribution < -0.4 is 14.2 Å². The molecule has 0 unspecified atom stereocenters. The molecule has 3 aromatic carbocycles. The molecule has 0 aliphatic carbocycles. The second-order valence-electron chi connectivity index (χ2n) is 8.26. The van der Waals surface area contributed by atoms with Crippen LogP contribution >= 0.6 is 0 Å². The lowest BCUT2D eigenvalue weighted by Gasteiger charge is -2.17. The number of halogens is 3. The third-order valence-corrected chi connectivity index (χ3v) is 7.24. The maximum Gasteiger partial charge on any atom is 0.573 e. The van der Waals surface area contributed by atoms with E-state index < -0.39 is 22.1 Å². The molecule has 10 heteroatoms. The predicted molar refractivity (Wildman–Crippen MR) is 126 cm³/mol. The average Bonchev–Trinajstić information content (AvgIpc) is 3.24. The maximum absolute atomic E-state index is 12.7. The minimum absolute atomic E-state index is 0.273. The first-order valence-corrected chi connectivity index (χ1v) is 12.4. The van der Waals surface area contributed by atoms with E-state index in [9.17, 15) is 21.6 Å². The quantitative estimate of drug-likeness (QED) is 0.475. The van der Waals surface area contributed by atoms with Crippen molar-refractivity contribution in [2.75, 3.05) is 20.2 Å². The van der Waals surface area contributed by atoms with Gasteiger partial charge in [0.05, 0.1) is 12.0 Å². The summed E-state index contributed by atoms with van der Waals surface area (Å²) >= 11 is 0. The Morgan fingerprint density at radius 3 is 2.49 bits per heavy atom. The molecule has 0 spiro atoms. The molecule has 1 aliphatic heterocycles. The van der Waals surface area contributed by atoms with Gasteiger partial charge in [0.1, 0.15) is 11.5 Å². The molecule has 1 fully saturated rings. The molecule has 1 N–H and O–H groups in total. The van der Waals surface area contributed by atoms with Crippen LogP contribution in [0.1, 0.15) is 12.0 Å². The number of hydrogen-bond donors (Lipinski definition) is 1. The number of benzene rings is 3. The van der Waals surface area contributed by atoms with E-state index >= 15 is 0 Å². The van der Waals surface area contributed by atoms with Crippen LogP contribution in [0.3, 0.4) is 0 Å². The van der Waals surface area contributed by atoms with Gasteiger partial charge in [-0.25, -0.2) is 13.1 Å². The van der Waals surface area contributed by atoms with Crippen LogP contribution in [0.15, 0.2) is 77.7 Å². The highest BCUT2D eigenvalue weighted by Gasteiger charge is 2.32. The summed E-state index contributed by atoms with van der Waals surface area (Å²) in [5, 5.41) is 0.